The van der Waals surface area contributed by atoms with Crippen LogP contribution in [0.5, 0.6) is 11.5 Å². The Hall–Kier alpha value is -1.46. The van der Waals surface area contributed by atoms with Crippen LogP contribution in [0.15, 0.2) is 18.2 Å². The van der Waals surface area contributed by atoms with Gasteiger partial charge < -0.3 is 19.7 Å². The summed E-state index contributed by atoms with van der Waals surface area (Å²) in [4.78, 5) is 14.8. The summed E-state index contributed by atoms with van der Waals surface area (Å²) in [7, 11) is 3.28. The zero-order valence-electron chi connectivity index (χ0n) is 15.7. The standard InChI is InChI=1S/C19H30N2O3.ClH/c1-14(2)13-21(19(22)16-7-9-20-12-16)10-8-15-5-6-17(23-3)18(11-15)24-4;/h5-6,11,14,16,20H,7-10,12-13H2,1-4H3;1H. The number of halogens is 1. The molecule has 1 aliphatic heterocycles. The van der Waals surface area contributed by atoms with Crippen molar-refractivity contribution in [2.24, 2.45) is 11.8 Å². The van der Waals surface area contributed by atoms with E-state index in [1.165, 1.54) is 0 Å². The van der Waals surface area contributed by atoms with Crippen LogP contribution < -0.4 is 14.8 Å². The van der Waals surface area contributed by atoms with Crippen molar-refractivity contribution in [3.63, 3.8) is 0 Å². The number of amides is 1. The van der Waals surface area contributed by atoms with Gasteiger partial charge in [-0.25, -0.2) is 0 Å². The van der Waals surface area contributed by atoms with Crippen LogP contribution in [-0.2, 0) is 11.2 Å². The van der Waals surface area contributed by atoms with Crippen LogP contribution in [0, 0.1) is 11.8 Å². The SMILES string of the molecule is COc1ccc(CCN(CC(C)C)C(=O)C2CCNC2)cc1OC.Cl. The Morgan fingerprint density at radius 1 is 1.28 bits per heavy atom. The molecule has 0 aromatic heterocycles. The van der Waals surface area contributed by atoms with Crippen molar-refractivity contribution < 1.29 is 14.3 Å². The first-order chi connectivity index (χ1) is 11.5. The minimum atomic E-state index is 0. The molecule has 1 saturated heterocycles. The molecule has 1 aliphatic rings. The van der Waals surface area contributed by atoms with Crippen molar-refractivity contribution in [3.8, 4) is 11.5 Å². The lowest BCUT2D eigenvalue weighted by Crippen LogP contribution is -2.40. The Balaban J connectivity index is 0.00000312. The molecule has 142 valence electrons. The summed E-state index contributed by atoms with van der Waals surface area (Å²) in [6, 6.07) is 5.95. The van der Waals surface area contributed by atoms with Crippen LogP contribution in [0.3, 0.4) is 0 Å². The molecule has 1 N–H and O–H groups in total. The molecule has 5 nitrogen and oxygen atoms in total. The number of hydrogen-bond acceptors (Lipinski definition) is 4. The number of ether oxygens (including phenoxy) is 2. The molecule has 0 bridgehead atoms. The smallest absolute Gasteiger partial charge is 0.227 e. The first-order valence-electron chi connectivity index (χ1n) is 8.75. The number of nitrogens with zero attached hydrogens (tertiary/aromatic N) is 1. The van der Waals surface area contributed by atoms with E-state index < -0.39 is 0 Å². The highest BCUT2D eigenvalue weighted by atomic mass is 35.5. The predicted molar refractivity (Wildman–Crippen MR) is 103 cm³/mol. The minimum absolute atomic E-state index is 0. The van der Waals surface area contributed by atoms with E-state index >= 15 is 0 Å². The van der Waals surface area contributed by atoms with Gasteiger partial charge in [-0.2, -0.15) is 0 Å². The molecule has 0 saturated carbocycles. The number of methoxy groups -OCH3 is 2. The topological polar surface area (TPSA) is 50.8 Å². The Bertz CT molecular complexity index is 545. The molecule has 0 aliphatic carbocycles. The zero-order chi connectivity index (χ0) is 17.5. The van der Waals surface area contributed by atoms with Gasteiger partial charge in [-0.15, -0.1) is 12.4 Å². The van der Waals surface area contributed by atoms with Crippen LogP contribution in [-0.4, -0.2) is 51.2 Å². The van der Waals surface area contributed by atoms with E-state index in [-0.39, 0.29) is 24.2 Å². The van der Waals surface area contributed by atoms with E-state index in [1.54, 1.807) is 14.2 Å². The third kappa shape index (κ3) is 6.08. The van der Waals surface area contributed by atoms with Crippen LogP contribution >= 0.6 is 12.4 Å². The molecule has 25 heavy (non-hydrogen) atoms. The summed E-state index contributed by atoms with van der Waals surface area (Å²) in [6.07, 6.45) is 1.77. The highest BCUT2D eigenvalue weighted by Crippen LogP contribution is 2.27. The average molecular weight is 371 g/mol. The van der Waals surface area contributed by atoms with Crippen LogP contribution in [0.25, 0.3) is 0 Å². The lowest BCUT2D eigenvalue weighted by molar-refractivity contribution is -0.135. The fraction of sp³-hybridized carbons (Fsp3) is 0.632. The molecule has 1 heterocycles. The third-order valence-corrected chi connectivity index (χ3v) is 4.43. The normalized spacial score (nSPS) is 16.4. The number of nitrogens with one attached hydrogen (secondary N) is 1. The van der Waals surface area contributed by atoms with Gasteiger partial charge in [0.15, 0.2) is 11.5 Å². The summed E-state index contributed by atoms with van der Waals surface area (Å²) >= 11 is 0. The van der Waals surface area contributed by atoms with Crippen molar-refractivity contribution in [1.82, 2.24) is 10.2 Å². The fourth-order valence-corrected chi connectivity index (χ4v) is 3.16. The van der Waals surface area contributed by atoms with Gasteiger partial charge in [0.25, 0.3) is 0 Å². The van der Waals surface area contributed by atoms with Gasteiger partial charge in [0.1, 0.15) is 0 Å². The van der Waals surface area contributed by atoms with Gasteiger partial charge >= 0.3 is 0 Å². The van der Waals surface area contributed by atoms with E-state index in [4.69, 9.17) is 9.47 Å². The molecule has 1 atom stereocenters. The molecule has 1 fully saturated rings. The third-order valence-electron chi connectivity index (χ3n) is 4.43. The Morgan fingerprint density at radius 3 is 2.56 bits per heavy atom. The van der Waals surface area contributed by atoms with Crippen molar-refractivity contribution in [2.45, 2.75) is 26.7 Å². The number of carbonyl (C=O) groups is 1. The van der Waals surface area contributed by atoms with Crippen molar-refractivity contribution in [3.05, 3.63) is 23.8 Å². The van der Waals surface area contributed by atoms with Gasteiger partial charge in [0.2, 0.25) is 5.91 Å². The van der Waals surface area contributed by atoms with Gasteiger partial charge in [-0.05, 0) is 43.0 Å². The van der Waals surface area contributed by atoms with Gasteiger partial charge in [-0.1, -0.05) is 19.9 Å². The van der Waals surface area contributed by atoms with Crippen LogP contribution in [0.2, 0.25) is 0 Å². The second kappa shape index (κ2) is 10.5. The molecule has 1 unspecified atom stereocenters. The largest absolute Gasteiger partial charge is 0.493 e. The molecular weight excluding hydrogens is 340 g/mol. The summed E-state index contributed by atoms with van der Waals surface area (Å²) in [5.41, 5.74) is 1.15. The number of benzene rings is 1. The predicted octanol–water partition coefficient (Wildman–Crippen LogP) is 2.76. The van der Waals surface area contributed by atoms with Gasteiger partial charge in [0, 0.05) is 19.6 Å². The maximum Gasteiger partial charge on any atom is 0.227 e. The summed E-state index contributed by atoms with van der Waals surface area (Å²) in [6.45, 7) is 7.62. The molecule has 6 heteroatoms. The Kier molecular flexibility index (Phi) is 9.08. The van der Waals surface area contributed by atoms with Crippen molar-refractivity contribution in [2.75, 3.05) is 40.4 Å². The molecular formula is C19H31ClN2O3. The van der Waals surface area contributed by atoms with E-state index in [9.17, 15) is 4.79 Å². The molecule has 2 rings (SSSR count). The molecule has 1 aromatic carbocycles. The summed E-state index contributed by atoms with van der Waals surface area (Å²) in [5, 5.41) is 3.29. The first-order valence-corrected chi connectivity index (χ1v) is 8.75. The summed E-state index contributed by atoms with van der Waals surface area (Å²) < 4.78 is 10.6. The Morgan fingerprint density at radius 2 is 2.00 bits per heavy atom. The second-order valence-corrected chi connectivity index (χ2v) is 6.81. The lowest BCUT2D eigenvalue weighted by atomic mass is 10.0. The average Bonchev–Trinajstić information content (AvgIpc) is 3.11. The lowest BCUT2D eigenvalue weighted by Gasteiger charge is -2.27. The zero-order valence-corrected chi connectivity index (χ0v) is 16.5. The van der Waals surface area contributed by atoms with Crippen molar-refractivity contribution in [1.29, 1.82) is 0 Å². The van der Waals surface area contributed by atoms with Gasteiger partial charge in [0.05, 0.1) is 20.1 Å². The molecule has 0 radical (unpaired) electrons. The highest BCUT2D eigenvalue weighted by molar-refractivity contribution is 5.85. The minimum Gasteiger partial charge on any atom is -0.493 e. The number of carbonyl (C=O) groups excluding carboxylic acids is 1. The number of hydrogen-bond donors (Lipinski definition) is 1. The van der Waals surface area contributed by atoms with E-state index in [1.807, 2.05) is 23.1 Å². The maximum atomic E-state index is 12.8. The Labute approximate surface area is 157 Å². The van der Waals surface area contributed by atoms with Gasteiger partial charge in [-0.3, -0.25) is 4.79 Å². The molecule has 1 aromatic rings. The first kappa shape index (κ1) is 21.6. The fourth-order valence-electron chi connectivity index (χ4n) is 3.16. The second-order valence-electron chi connectivity index (χ2n) is 6.81. The maximum absolute atomic E-state index is 12.8. The quantitative estimate of drug-likeness (QED) is 0.764. The van der Waals surface area contributed by atoms with Crippen molar-refractivity contribution >= 4 is 18.3 Å². The van der Waals surface area contributed by atoms with Crippen LogP contribution in [0.4, 0.5) is 0 Å². The van der Waals surface area contributed by atoms with Crippen LogP contribution in [0.1, 0.15) is 25.8 Å². The number of rotatable bonds is 8. The monoisotopic (exact) mass is 370 g/mol. The van der Waals surface area contributed by atoms with E-state index in [2.05, 4.69) is 19.2 Å². The molecule has 1 amide bonds. The van der Waals surface area contributed by atoms with E-state index in [0.717, 1.165) is 56.1 Å². The van der Waals surface area contributed by atoms with E-state index in [0.29, 0.717) is 5.92 Å². The highest BCUT2D eigenvalue weighted by Gasteiger charge is 2.27. The molecule has 0 spiro atoms. The summed E-state index contributed by atoms with van der Waals surface area (Å²) in [5.74, 6) is 2.35.